The van der Waals surface area contributed by atoms with E-state index in [-0.39, 0.29) is 11.8 Å². The van der Waals surface area contributed by atoms with E-state index in [2.05, 4.69) is 30.3 Å². The molecule has 2 amide bonds. The van der Waals surface area contributed by atoms with Gasteiger partial charge in [-0.1, -0.05) is 66.7 Å². The maximum absolute atomic E-state index is 13.1. The molecule has 1 fully saturated rings. The van der Waals surface area contributed by atoms with Gasteiger partial charge < -0.3 is 9.80 Å². The number of fused-ring (bicyclic) bond motifs is 1. The predicted molar refractivity (Wildman–Crippen MR) is 127 cm³/mol. The molecule has 32 heavy (non-hydrogen) atoms. The lowest BCUT2D eigenvalue weighted by Gasteiger charge is -2.38. The molecule has 4 heteroatoms. The standard InChI is InChI=1S/C28H34N2O2/c31-27(18-9-19-28(32)30-20-10-16-25-15-7-8-17-26(25)30)29(21-23-11-3-1-4-12-23)22-24-13-5-2-6-14-24/h1-6,11-14,17,25H,7-10,15-16,18-22H2. The van der Waals surface area contributed by atoms with Gasteiger partial charge in [-0.15, -0.1) is 0 Å². The summed E-state index contributed by atoms with van der Waals surface area (Å²) in [6.45, 7) is 2.01. The van der Waals surface area contributed by atoms with Crippen LogP contribution in [0.2, 0.25) is 0 Å². The van der Waals surface area contributed by atoms with Gasteiger partial charge in [0.1, 0.15) is 0 Å². The number of benzene rings is 2. The zero-order valence-electron chi connectivity index (χ0n) is 18.9. The normalized spacial score (nSPS) is 17.9. The molecule has 1 heterocycles. The van der Waals surface area contributed by atoms with E-state index in [0.717, 1.165) is 30.5 Å². The Kier molecular flexibility index (Phi) is 7.76. The van der Waals surface area contributed by atoms with Crippen LogP contribution < -0.4 is 0 Å². The highest BCUT2D eigenvalue weighted by Crippen LogP contribution is 2.35. The molecule has 0 saturated carbocycles. The topological polar surface area (TPSA) is 40.6 Å². The molecule has 2 aromatic rings. The Bertz CT molecular complexity index is 881. The van der Waals surface area contributed by atoms with Crippen molar-refractivity contribution in [1.82, 2.24) is 9.80 Å². The number of rotatable bonds is 8. The molecule has 0 N–H and O–H groups in total. The summed E-state index contributed by atoms with van der Waals surface area (Å²) in [4.78, 5) is 30.0. The Morgan fingerprint density at radius 1 is 0.844 bits per heavy atom. The number of allylic oxidation sites excluding steroid dienone is 2. The van der Waals surface area contributed by atoms with Crippen molar-refractivity contribution >= 4 is 11.8 Å². The first-order chi connectivity index (χ1) is 15.7. The van der Waals surface area contributed by atoms with E-state index in [4.69, 9.17) is 0 Å². The van der Waals surface area contributed by atoms with Gasteiger partial charge in [0, 0.05) is 38.2 Å². The molecule has 2 aliphatic rings. The van der Waals surface area contributed by atoms with E-state index in [1.54, 1.807) is 0 Å². The SMILES string of the molecule is O=C(CCCC(=O)N1CCCC2CCCC=C21)N(Cc1ccccc1)Cc1ccccc1. The van der Waals surface area contributed by atoms with Gasteiger partial charge in [-0.3, -0.25) is 9.59 Å². The van der Waals surface area contributed by atoms with E-state index < -0.39 is 0 Å². The lowest BCUT2D eigenvalue weighted by Crippen LogP contribution is -2.39. The summed E-state index contributed by atoms with van der Waals surface area (Å²) in [5, 5.41) is 0. The van der Waals surface area contributed by atoms with Gasteiger partial charge in [0.25, 0.3) is 0 Å². The van der Waals surface area contributed by atoms with Crippen LogP contribution in [0.1, 0.15) is 62.5 Å². The zero-order valence-corrected chi connectivity index (χ0v) is 18.9. The monoisotopic (exact) mass is 430 g/mol. The second-order valence-electron chi connectivity index (χ2n) is 9.02. The number of hydrogen-bond acceptors (Lipinski definition) is 2. The summed E-state index contributed by atoms with van der Waals surface area (Å²) < 4.78 is 0. The molecule has 1 aliphatic carbocycles. The summed E-state index contributed by atoms with van der Waals surface area (Å²) in [6, 6.07) is 20.2. The number of likely N-dealkylation sites (tertiary alicyclic amines) is 1. The predicted octanol–water partition coefficient (Wildman–Crippen LogP) is 5.69. The van der Waals surface area contributed by atoms with Crippen LogP contribution in [0.15, 0.2) is 72.4 Å². The fourth-order valence-electron chi connectivity index (χ4n) is 4.97. The van der Waals surface area contributed by atoms with Gasteiger partial charge in [-0.05, 0) is 55.6 Å². The van der Waals surface area contributed by atoms with Crippen molar-refractivity contribution in [2.75, 3.05) is 6.54 Å². The van der Waals surface area contributed by atoms with Crippen LogP contribution in [-0.2, 0) is 22.7 Å². The summed E-state index contributed by atoms with van der Waals surface area (Å²) in [7, 11) is 0. The highest BCUT2D eigenvalue weighted by atomic mass is 16.2. The van der Waals surface area contributed by atoms with Gasteiger partial charge in [-0.25, -0.2) is 0 Å². The van der Waals surface area contributed by atoms with Crippen LogP contribution >= 0.6 is 0 Å². The highest BCUT2D eigenvalue weighted by molar-refractivity contribution is 5.80. The van der Waals surface area contributed by atoms with Gasteiger partial charge in [0.2, 0.25) is 11.8 Å². The van der Waals surface area contributed by atoms with Gasteiger partial charge in [0.15, 0.2) is 0 Å². The first kappa shape index (κ1) is 22.3. The molecule has 1 saturated heterocycles. The zero-order chi connectivity index (χ0) is 22.2. The highest BCUT2D eigenvalue weighted by Gasteiger charge is 2.30. The van der Waals surface area contributed by atoms with Crippen molar-refractivity contribution in [2.24, 2.45) is 5.92 Å². The molecule has 168 valence electrons. The first-order valence-corrected chi connectivity index (χ1v) is 12.1. The smallest absolute Gasteiger partial charge is 0.226 e. The maximum Gasteiger partial charge on any atom is 0.226 e. The van der Waals surface area contributed by atoms with Crippen molar-refractivity contribution in [2.45, 2.75) is 64.5 Å². The molecule has 4 nitrogen and oxygen atoms in total. The summed E-state index contributed by atoms with van der Waals surface area (Å²) in [5.41, 5.74) is 3.50. The van der Waals surface area contributed by atoms with Crippen LogP contribution in [0.4, 0.5) is 0 Å². The van der Waals surface area contributed by atoms with E-state index in [9.17, 15) is 9.59 Å². The molecular formula is C28H34N2O2. The number of piperidine rings is 1. The van der Waals surface area contributed by atoms with Crippen LogP contribution in [0, 0.1) is 5.92 Å². The minimum Gasteiger partial charge on any atom is -0.334 e. The molecule has 1 aliphatic heterocycles. The van der Waals surface area contributed by atoms with E-state index in [1.807, 2.05) is 46.2 Å². The van der Waals surface area contributed by atoms with Crippen molar-refractivity contribution in [1.29, 1.82) is 0 Å². The van der Waals surface area contributed by atoms with Crippen LogP contribution in [0.25, 0.3) is 0 Å². The fraction of sp³-hybridized carbons (Fsp3) is 0.429. The lowest BCUT2D eigenvalue weighted by molar-refractivity contribution is -0.133. The molecule has 1 atom stereocenters. The fourth-order valence-corrected chi connectivity index (χ4v) is 4.97. The van der Waals surface area contributed by atoms with Gasteiger partial charge in [0.05, 0.1) is 0 Å². The molecule has 0 bridgehead atoms. The largest absolute Gasteiger partial charge is 0.334 e. The average Bonchev–Trinajstić information content (AvgIpc) is 2.84. The molecule has 0 radical (unpaired) electrons. The van der Waals surface area contributed by atoms with Crippen molar-refractivity contribution in [3.8, 4) is 0 Å². The Labute approximate surface area is 191 Å². The summed E-state index contributed by atoms with van der Waals surface area (Å²) in [5.74, 6) is 0.863. The van der Waals surface area contributed by atoms with Crippen LogP contribution in [0.3, 0.4) is 0 Å². The third-order valence-corrected chi connectivity index (χ3v) is 6.64. The van der Waals surface area contributed by atoms with E-state index in [0.29, 0.717) is 38.3 Å². The van der Waals surface area contributed by atoms with Crippen LogP contribution in [-0.4, -0.2) is 28.2 Å². The molecule has 2 aromatic carbocycles. The molecule has 0 spiro atoms. The third kappa shape index (κ3) is 5.87. The number of carbonyl (C=O) groups is 2. The maximum atomic E-state index is 13.1. The minimum atomic E-state index is 0.110. The number of hydrogen-bond donors (Lipinski definition) is 0. The Balaban J connectivity index is 1.34. The molecule has 0 aromatic heterocycles. The Morgan fingerprint density at radius 2 is 1.47 bits per heavy atom. The molecular weight excluding hydrogens is 396 g/mol. The third-order valence-electron chi connectivity index (χ3n) is 6.64. The molecule has 1 unspecified atom stereocenters. The number of carbonyl (C=O) groups excluding carboxylic acids is 2. The first-order valence-electron chi connectivity index (χ1n) is 12.1. The molecule has 4 rings (SSSR count). The quantitative estimate of drug-likeness (QED) is 0.540. The van der Waals surface area contributed by atoms with Crippen molar-refractivity contribution in [3.05, 3.63) is 83.6 Å². The van der Waals surface area contributed by atoms with Crippen molar-refractivity contribution in [3.63, 3.8) is 0 Å². The lowest BCUT2D eigenvalue weighted by atomic mass is 9.85. The van der Waals surface area contributed by atoms with Crippen LogP contribution in [0.5, 0.6) is 0 Å². The van der Waals surface area contributed by atoms with E-state index >= 15 is 0 Å². The van der Waals surface area contributed by atoms with Crippen molar-refractivity contribution < 1.29 is 9.59 Å². The number of amides is 2. The second kappa shape index (κ2) is 11.1. The average molecular weight is 431 g/mol. The second-order valence-corrected chi connectivity index (χ2v) is 9.02. The minimum absolute atomic E-state index is 0.110. The Morgan fingerprint density at radius 3 is 2.12 bits per heavy atom. The summed E-state index contributed by atoms with van der Waals surface area (Å²) in [6.07, 6.45) is 9.57. The van der Waals surface area contributed by atoms with Gasteiger partial charge in [-0.2, -0.15) is 0 Å². The van der Waals surface area contributed by atoms with Gasteiger partial charge >= 0.3 is 0 Å². The number of nitrogens with zero attached hydrogens (tertiary/aromatic N) is 2. The van der Waals surface area contributed by atoms with E-state index in [1.165, 1.54) is 25.0 Å². The Hall–Kier alpha value is -2.88. The summed E-state index contributed by atoms with van der Waals surface area (Å²) >= 11 is 0.